The maximum Gasteiger partial charge on any atom is 0.274 e. The summed E-state index contributed by atoms with van der Waals surface area (Å²) in [5.41, 5.74) is 0.109. The summed E-state index contributed by atoms with van der Waals surface area (Å²) in [6.45, 7) is 0. The normalized spacial score (nSPS) is 20.5. The predicted molar refractivity (Wildman–Crippen MR) is 54.6 cm³/mol. The van der Waals surface area contributed by atoms with Crippen molar-refractivity contribution in [3.8, 4) is 0 Å². The lowest BCUT2D eigenvalue weighted by atomic mass is 10.0. The van der Waals surface area contributed by atoms with E-state index in [9.17, 15) is 14.4 Å². The number of carbonyl (C=O) groups is 3. The molecule has 1 saturated heterocycles. The third-order valence-corrected chi connectivity index (χ3v) is 2.60. The van der Waals surface area contributed by atoms with Gasteiger partial charge >= 0.3 is 0 Å². The molecule has 2 heterocycles. The second kappa shape index (κ2) is 4.32. The van der Waals surface area contributed by atoms with E-state index in [4.69, 9.17) is 0 Å². The van der Waals surface area contributed by atoms with E-state index in [0.29, 0.717) is 6.42 Å². The Morgan fingerprint density at radius 1 is 1.59 bits per heavy atom. The molecule has 90 valence electrons. The maximum absolute atomic E-state index is 11.7. The Labute approximate surface area is 96.4 Å². The van der Waals surface area contributed by atoms with Crippen LogP contribution in [-0.2, 0) is 9.59 Å². The van der Waals surface area contributed by atoms with Crippen LogP contribution in [0, 0.1) is 0 Å². The fourth-order valence-electron chi connectivity index (χ4n) is 1.59. The van der Waals surface area contributed by atoms with Gasteiger partial charge in [0.2, 0.25) is 5.91 Å². The minimum absolute atomic E-state index is 0.109. The van der Waals surface area contributed by atoms with Gasteiger partial charge in [0.15, 0.2) is 5.69 Å². The predicted octanol–water partition coefficient (Wildman–Crippen LogP) is -1.32. The molecule has 0 aliphatic carbocycles. The van der Waals surface area contributed by atoms with Gasteiger partial charge in [0.1, 0.15) is 6.04 Å². The molecule has 0 aromatic carbocycles. The Bertz CT molecular complexity index is 455. The molecule has 0 saturated carbocycles. The van der Waals surface area contributed by atoms with Crippen LogP contribution >= 0.6 is 0 Å². The van der Waals surface area contributed by atoms with Crippen molar-refractivity contribution in [1.82, 2.24) is 25.6 Å². The summed E-state index contributed by atoms with van der Waals surface area (Å²) in [4.78, 5) is 35.6. The van der Waals surface area contributed by atoms with E-state index in [-0.39, 0.29) is 18.0 Å². The van der Waals surface area contributed by atoms with Gasteiger partial charge in [-0.3, -0.25) is 19.3 Å². The first-order valence-electron chi connectivity index (χ1n) is 5.06. The average molecular weight is 237 g/mol. The standard InChI is InChI=1S/C9H11N5O3/c1-14-7(15)3-2-5(9(14)17)11-8(16)6-4-10-13-12-6/h4-5H,2-3H2,1H3,(H,11,16)(H,10,12,13). The van der Waals surface area contributed by atoms with Gasteiger partial charge in [-0.25, -0.2) is 0 Å². The lowest BCUT2D eigenvalue weighted by molar-refractivity contribution is -0.147. The zero-order valence-electron chi connectivity index (χ0n) is 9.14. The summed E-state index contributed by atoms with van der Waals surface area (Å²) in [6, 6.07) is -0.679. The Hall–Kier alpha value is -2.25. The minimum atomic E-state index is -0.679. The highest BCUT2D eigenvalue weighted by Gasteiger charge is 2.33. The molecule has 0 radical (unpaired) electrons. The Morgan fingerprint density at radius 3 is 3.00 bits per heavy atom. The summed E-state index contributed by atoms with van der Waals surface area (Å²) >= 11 is 0. The van der Waals surface area contributed by atoms with Crippen LogP contribution in [0.15, 0.2) is 6.20 Å². The zero-order valence-corrected chi connectivity index (χ0v) is 9.14. The highest BCUT2D eigenvalue weighted by atomic mass is 16.2. The van der Waals surface area contributed by atoms with Gasteiger partial charge in [-0.1, -0.05) is 0 Å². The van der Waals surface area contributed by atoms with Crippen LogP contribution in [0.1, 0.15) is 23.3 Å². The monoisotopic (exact) mass is 237 g/mol. The quantitative estimate of drug-likeness (QED) is 0.620. The summed E-state index contributed by atoms with van der Waals surface area (Å²) in [6.07, 6.45) is 1.81. The number of rotatable bonds is 2. The van der Waals surface area contributed by atoms with Gasteiger partial charge in [-0.15, -0.1) is 0 Å². The second-order valence-electron chi connectivity index (χ2n) is 3.71. The molecule has 2 N–H and O–H groups in total. The van der Waals surface area contributed by atoms with Crippen molar-refractivity contribution in [3.63, 3.8) is 0 Å². The van der Waals surface area contributed by atoms with E-state index in [1.54, 1.807) is 0 Å². The third-order valence-electron chi connectivity index (χ3n) is 2.60. The molecule has 17 heavy (non-hydrogen) atoms. The van der Waals surface area contributed by atoms with Gasteiger partial charge < -0.3 is 5.32 Å². The van der Waals surface area contributed by atoms with Gasteiger partial charge in [-0.2, -0.15) is 15.4 Å². The van der Waals surface area contributed by atoms with Crippen LogP contribution in [0.25, 0.3) is 0 Å². The number of carbonyl (C=O) groups excluding carboxylic acids is 3. The Balaban J connectivity index is 2.02. The molecular weight excluding hydrogens is 226 g/mol. The number of hydrogen-bond donors (Lipinski definition) is 2. The number of hydrogen-bond acceptors (Lipinski definition) is 5. The summed E-state index contributed by atoms with van der Waals surface area (Å²) in [5.74, 6) is -1.13. The number of nitrogens with one attached hydrogen (secondary N) is 2. The lowest BCUT2D eigenvalue weighted by Gasteiger charge is -2.27. The van der Waals surface area contributed by atoms with E-state index in [0.717, 1.165) is 4.90 Å². The molecule has 1 aromatic rings. The molecule has 3 amide bonds. The van der Waals surface area contributed by atoms with Crippen molar-refractivity contribution in [2.75, 3.05) is 7.05 Å². The van der Waals surface area contributed by atoms with Gasteiger partial charge in [0, 0.05) is 13.5 Å². The van der Waals surface area contributed by atoms with E-state index < -0.39 is 17.9 Å². The summed E-state index contributed by atoms with van der Waals surface area (Å²) in [7, 11) is 1.40. The molecule has 8 nitrogen and oxygen atoms in total. The smallest absolute Gasteiger partial charge is 0.274 e. The first-order chi connectivity index (χ1) is 8.09. The Morgan fingerprint density at radius 2 is 2.35 bits per heavy atom. The number of piperidine rings is 1. The van der Waals surface area contributed by atoms with Gasteiger partial charge in [0.25, 0.3) is 11.8 Å². The van der Waals surface area contributed by atoms with E-state index in [1.165, 1.54) is 13.2 Å². The molecule has 0 bridgehead atoms. The lowest BCUT2D eigenvalue weighted by Crippen LogP contribution is -2.52. The number of likely N-dealkylation sites (N-methyl/N-ethyl adjacent to an activating group) is 1. The number of likely N-dealkylation sites (tertiary alicyclic amines) is 1. The van der Waals surface area contributed by atoms with Crippen molar-refractivity contribution in [2.45, 2.75) is 18.9 Å². The summed E-state index contributed by atoms with van der Waals surface area (Å²) < 4.78 is 0. The molecule has 1 unspecified atom stereocenters. The van der Waals surface area contributed by atoms with Crippen LogP contribution in [0.5, 0.6) is 0 Å². The first-order valence-corrected chi connectivity index (χ1v) is 5.06. The molecule has 1 atom stereocenters. The summed E-state index contributed by atoms with van der Waals surface area (Å²) in [5, 5.41) is 11.9. The SMILES string of the molecule is CN1C(=O)CCC(NC(=O)c2cn[nH]n2)C1=O. The largest absolute Gasteiger partial charge is 0.339 e. The molecule has 1 fully saturated rings. The van der Waals surface area contributed by atoms with Gasteiger partial charge in [0.05, 0.1) is 6.20 Å². The fraction of sp³-hybridized carbons (Fsp3) is 0.444. The molecule has 8 heteroatoms. The van der Waals surface area contributed by atoms with Crippen LogP contribution in [0.3, 0.4) is 0 Å². The van der Waals surface area contributed by atoms with Crippen molar-refractivity contribution in [1.29, 1.82) is 0 Å². The molecule has 2 rings (SSSR count). The molecule has 1 aliphatic heterocycles. The molecule has 0 spiro atoms. The number of aromatic nitrogens is 3. The molecular formula is C9H11N5O3. The van der Waals surface area contributed by atoms with Crippen molar-refractivity contribution in [2.24, 2.45) is 0 Å². The number of amides is 3. The maximum atomic E-state index is 11.7. The number of imide groups is 1. The van der Waals surface area contributed by atoms with Crippen LogP contribution in [0.2, 0.25) is 0 Å². The van der Waals surface area contributed by atoms with Crippen molar-refractivity contribution >= 4 is 17.7 Å². The van der Waals surface area contributed by atoms with E-state index >= 15 is 0 Å². The first kappa shape index (κ1) is 11.2. The third kappa shape index (κ3) is 2.14. The van der Waals surface area contributed by atoms with Crippen molar-refractivity contribution in [3.05, 3.63) is 11.9 Å². The fourth-order valence-corrected chi connectivity index (χ4v) is 1.59. The van der Waals surface area contributed by atoms with Gasteiger partial charge in [-0.05, 0) is 6.42 Å². The van der Waals surface area contributed by atoms with Crippen LogP contribution < -0.4 is 5.32 Å². The van der Waals surface area contributed by atoms with E-state index in [1.807, 2.05) is 0 Å². The van der Waals surface area contributed by atoms with Crippen LogP contribution in [-0.4, -0.2) is 51.1 Å². The number of aromatic amines is 1. The topological polar surface area (TPSA) is 108 Å². The molecule has 1 aromatic heterocycles. The van der Waals surface area contributed by atoms with Crippen LogP contribution in [0.4, 0.5) is 0 Å². The molecule has 1 aliphatic rings. The van der Waals surface area contributed by atoms with Crippen molar-refractivity contribution < 1.29 is 14.4 Å². The number of H-pyrrole nitrogens is 1. The van der Waals surface area contributed by atoms with E-state index in [2.05, 4.69) is 20.7 Å². The highest BCUT2D eigenvalue weighted by molar-refractivity contribution is 6.03. The second-order valence-corrected chi connectivity index (χ2v) is 3.71. The number of nitrogens with zero attached hydrogens (tertiary/aromatic N) is 3. The zero-order chi connectivity index (χ0) is 12.4. The Kier molecular flexibility index (Phi) is 2.86. The highest BCUT2D eigenvalue weighted by Crippen LogP contribution is 2.11. The average Bonchev–Trinajstić information content (AvgIpc) is 2.83. The minimum Gasteiger partial charge on any atom is -0.339 e.